The normalized spacial score (nSPS) is 44.7. The molecule has 1 saturated heterocycles. The minimum atomic E-state index is -1.07. The van der Waals surface area contributed by atoms with Gasteiger partial charge in [-0.1, -0.05) is 32.9 Å². The lowest BCUT2D eigenvalue weighted by Gasteiger charge is -2.64. The van der Waals surface area contributed by atoms with Crippen LogP contribution in [0.5, 0.6) is 0 Å². The molecule has 0 radical (unpaired) electrons. The van der Waals surface area contributed by atoms with Crippen LogP contribution in [0.25, 0.3) is 0 Å². The first-order chi connectivity index (χ1) is 10.6. The quantitative estimate of drug-likeness (QED) is 0.383. The van der Waals surface area contributed by atoms with Crippen molar-refractivity contribution in [2.45, 2.75) is 39.2 Å². The summed E-state index contributed by atoms with van der Waals surface area (Å²) in [6.45, 7) is 6.05. The predicted octanol–water partition coefficient (Wildman–Crippen LogP) is 3.82. The molecule has 1 spiro atoms. The maximum Gasteiger partial charge on any atom is 0.314 e. The number of halogens is 1. The van der Waals surface area contributed by atoms with Crippen LogP contribution in [-0.2, 0) is 14.3 Å². The van der Waals surface area contributed by atoms with Gasteiger partial charge >= 0.3 is 11.9 Å². The average Bonchev–Trinajstić information content (AvgIpc) is 2.40. The Morgan fingerprint density at radius 1 is 1.48 bits per heavy atom. The summed E-state index contributed by atoms with van der Waals surface area (Å²) in [6, 6.07) is 0. The van der Waals surface area contributed by atoms with E-state index in [2.05, 4.69) is 49.1 Å². The maximum absolute atomic E-state index is 12.5. The Hall–Kier alpha value is -0.500. The second-order valence-corrected chi connectivity index (χ2v) is 9.17. The van der Waals surface area contributed by atoms with Gasteiger partial charge in [-0.2, -0.15) is 12.6 Å². The van der Waals surface area contributed by atoms with Crippen LogP contribution in [0.4, 0.5) is 0 Å². The van der Waals surface area contributed by atoms with Gasteiger partial charge in [0.25, 0.3) is 0 Å². The van der Waals surface area contributed by atoms with Crippen LogP contribution in [0.15, 0.2) is 21.1 Å². The third-order valence-electron chi connectivity index (χ3n) is 6.19. The molecule has 0 aromatic heterocycles. The third-order valence-corrected chi connectivity index (χ3v) is 7.54. The summed E-state index contributed by atoms with van der Waals surface area (Å²) >= 11 is 6.33. The van der Waals surface area contributed by atoms with Crippen LogP contribution in [-0.4, -0.2) is 22.6 Å². The smallest absolute Gasteiger partial charge is 0.314 e. The first kappa shape index (κ1) is 17.3. The monoisotopic (exact) mass is 448 g/mol. The topological polar surface area (TPSA) is 63.6 Å². The van der Waals surface area contributed by atoms with E-state index in [1.54, 1.807) is 5.41 Å². The predicted molar refractivity (Wildman–Crippen MR) is 98.3 cm³/mol. The number of aliphatic carboxylic acids is 1. The van der Waals surface area contributed by atoms with Gasteiger partial charge in [0.15, 0.2) is 5.60 Å². The maximum atomic E-state index is 12.5. The largest absolute Gasteiger partial charge is 0.481 e. The molecule has 4 rings (SSSR count). The van der Waals surface area contributed by atoms with Crippen molar-refractivity contribution in [1.29, 1.82) is 0 Å². The molecule has 1 saturated carbocycles. The molecule has 1 N–H and O–H groups in total. The number of carboxylic acids is 1. The van der Waals surface area contributed by atoms with Gasteiger partial charge in [-0.3, -0.25) is 9.59 Å². The molecule has 6 heteroatoms. The summed E-state index contributed by atoms with van der Waals surface area (Å²) in [5, 5.41) is 11.6. The van der Waals surface area contributed by atoms with Gasteiger partial charge in [0.05, 0.1) is 5.92 Å². The van der Waals surface area contributed by atoms with Crippen molar-refractivity contribution in [1.82, 2.24) is 0 Å². The lowest BCUT2D eigenvalue weighted by Crippen LogP contribution is -2.70. The van der Waals surface area contributed by atoms with E-state index in [9.17, 15) is 14.7 Å². The van der Waals surface area contributed by atoms with Crippen molar-refractivity contribution in [3.05, 3.63) is 21.1 Å². The van der Waals surface area contributed by atoms with E-state index in [1.807, 2.05) is 19.1 Å². The molecule has 2 aliphatic heterocycles. The second kappa shape index (κ2) is 5.25. The van der Waals surface area contributed by atoms with E-state index in [-0.39, 0.29) is 23.2 Å². The zero-order valence-electron chi connectivity index (χ0n) is 13.4. The Bertz CT molecular complexity index is 641. The first-order valence-corrected chi connectivity index (χ1v) is 9.36. The summed E-state index contributed by atoms with van der Waals surface area (Å²) in [5.41, 5.74) is -1.97. The van der Waals surface area contributed by atoms with E-state index >= 15 is 0 Å². The minimum absolute atomic E-state index is 0.0112. The number of hydrogen-bond acceptors (Lipinski definition) is 4. The Kier molecular flexibility index (Phi) is 3.95. The number of carboxylic acid groups (broad SMARTS) is 1. The van der Waals surface area contributed by atoms with Crippen molar-refractivity contribution >= 4 is 47.2 Å². The zero-order chi connectivity index (χ0) is 17.2. The van der Waals surface area contributed by atoms with Crippen LogP contribution in [0, 0.1) is 28.6 Å². The number of carbonyl (C=O) groups is 2. The number of allylic oxidation sites excluding steroid dienone is 1. The van der Waals surface area contributed by atoms with Crippen molar-refractivity contribution in [3.8, 4) is 0 Å². The highest BCUT2D eigenvalue weighted by molar-refractivity contribution is 14.1. The number of fused-ring (bicyclic) bond motifs is 1. The Morgan fingerprint density at radius 3 is 2.70 bits per heavy atom. The van der Waals surface area contributed by atoms with Gasteiger partial charge in [0, 0.05) is 14.9 Å². The van der Waals surface area contributed by atoms with E-state index in [1.165, 1.54) is 0 Å². The Balaban J connectivity index is 2.27. The minimum Gasteiger partial charge on any atom is -0.481 e. The fourth-order valence-corrected chi connectivity index (χ4v) is 6.54. The summed E-state index contributed by atoms with van der Waals surface area (Å²) in [5.74, 6) is -2.31. The highest BCUT2D eigenvalue weighted by atomic mass is 127. The van der Waals surface area contributed by atoms with Crippen LogP contribution in [0.2, 0.25) is 0 Å². The van der Waals surface area contributed by atoms with Crippen LogP contribution < -0.4 is 0 Å². The SMILES string of the molecule is CC1(/C=C/S)CC[C@H]2C(C)(C)[C@@H]3C=C(I)[C@]2(OC3=O)[C@H]1C(=O)O. The van der Waals surface area contributed by atoms with Gasteiger partial charge < -0.3 is 9.84 Å². The summed E-state index contributed by atoms with van der Waals surface area (Å²) < 4.78 is 6.74. The van der Waals surface area contributed by atoms with E-state index in [4.69, 9.17) is 4.74 Å². The van der Waals surface area contributed by atoms with Crippen molar-refractivity contribution in [2.75, 3.05) is 0 Å². The van der Waals surface area contributed by atoms with E-state index in [0.717, 1.165) is 16.4 Å². The van der Waals surface area contributed by atoms with E-state index < -0.39 is 22.9 Å². The van der Waals surface area contributed by atoms with Crippen molar-refractivity contribution in [2.24, 2.45) is 28.6 Å². The van der Waals surface area contributed by atoms with Gasteiger partial charge in [0.1, 0.15) is 5.92 Å². The van der Waals surface area contributed by atoms with E-state index in [0.29, 0.717) is 0 Å². The molecule has 2 fully saturated rings. The van der Waals surface area contributed by atoms with Crippen LogP contribution in [0.3, 0.4) is 0 Å². The van der Waals surface area contributed by atoms with Crippen molar-refractivity contribution < 1.29 is 19.4 Å². The summed E-state index contributed by atoms with van der Waals surface area (Å²) in [7, 11) is 0. The molecule has 2 aliphatic carbocycles. The molecule has 0 aromatic rings. The number of carbonyl (C=O) groups excluding carboxylic acids is 1. The number of esters is 1. The lowest BCUT2D eigenvalue weighted by molar-refractivity contribution is -0.230. The van der Waals surface area contributed by atoms with Gasteiger partial charge in [-0.05, 0) is 46.3 Å². The molecular weight excluding hydrogens is 427 g/mol. The van der Waals surface area contributed by atoms with Crippen LogP contribution >= 0.6 is 35.2 Å². The highest BCUT2D eigenvalue weighted by Crippen LogP contribution is 2.67. The molecule has 23 heavy (non-hydrogen) atoms. The molecule has 1 unspecified atom stereocenters. The van der Waals surface area contributed by atoms with Gasteiger partial charge in [-0.15, -0.1) is 0 Å². The van der Waals surface area contributed by atoms with Gasteiger partial charge in [0.2, 0.25) is 0 Å². The molecule has 2 heterocycles. The number of rotatable bonds is 2. The molecule has 4 aliphatic rings. The summed E-state index contributed by atoms with van der Waals surface area (Å²) in [6.07, 6.45) is 5.33. The number of ether oxygens (including phenoxy) is 1. The molecule has 5 atom stereocenters. The lowest BCUT2D eigenvalue weighted by atomic mass is 9.46. The van der Waals surface area contributed by atoms with Gasteiger partial charge in [-0.25, -0.2) is 0 Å². The second-order valence-electron chi connectivity index (χ2n) is 7.71. The fourth-order valence-electron chi connectivity index (χ4n) is 5.04. The summed E-state index contributed by atoms with van der Waals surface area (Å²) in [4.78, 5) is 24.8. The number of thiol groups is 1. The number of hydrogen-bond donors (Lipinski definition) is 2. The molecule has 126 valence electrons. The standard InChI is InChI=1S/C17H21IO4S/c1-15(2)9-8-11(18)17(22-14(9)21)10(15)4-5-16(3,6-7-23)12(17)13(19)20/h6-10,12,23H,4-5H2,1-3H3,(H,19,20)/b7-6+/t9-,10+,12+,16?,17+/m1/s1. The Morgan fingerprint density at radius 2 is 2.13 bits per heavy atom. The molecular formula is C17H21IO4S. The van der Waals surface area contributed by atoms with Crippen LogP contribution in [0.1, 0.15) is 33.6 Å². The molecule has 2 bridgehead atoms. The highest BCUT2D eigenvalue weighted by Gasteiger charge is 2.71. The molecule has 0 aromatic carbocycles. The Labute approximate surface area is 155 Å². The first-order valence-electron chi connectivity index (χ1n) is 7.76. The zero-order valence-corrected chi connectivity index (χ0v) is 16.4. The molecule has 0 amide bonds. The molecule has 4 nitrogen and oxygen atoms in total. The average molecular weight is 448 g/mol. The van der Waals surface area contributed by atoms with Crippen molar-refractivity contribution in [3.63, 3.8) is 0 Å². The fraction of sp³-hybridized carbons (Fsp3) is 0.647. The third kappa shape index (κ3) is 2.09.